The molecule has 0 atom stereocenters. The van der Waals surface area contributed by atoms with Gasteiger partial charge in [0.25, 0.3) is 5.56 Å². The van der Waals surface area contributed by atoms with Crippen molar-refractivity contribution >= 4 is 33.0 Å². The normalized spacial score (nSPS) is 14.5. The zero-order valence-corrected chi connectivity index (χ0v) is 24.0. The molecule has 9 nitrogen and oxygen atoms in total. The molecule has 0 saturated heterocycles. The maximum Gasteiger partial charge on any atom is 0.332 e. The molecule has 1 N–H and O–H groups in total. The Morgan fingerprint density at radius 2 is 1.81 bits per heavy atom. The van der Waals surface area contributed by atoms with E-state index in [1.54, 1.807) is 11.7 Å². The third kappa shape index (κ3) is 5.80. The van der Waals surface area contributed by atoms with E-state index < -0.39 is 0 Å². The number of aromatic nitrogens is 4. The molecule has 37 heavy (non-hydrogen) atoms. The number of fused-ring (bicyclic) bond motifs is 1. The highest BCUT2D eigenvalue weighted by Crippen LogP contribution is 2.28. The average Bonchev–Trinajstić information content (AvgIpc) is 3.24. The summed E-state index contributed by atoms with van der Waals surface area (Å²) in [7, 11) is 1.64. The number of ether oxygens (including phenoxy) is 1. The molecule has 2 aromatic heterocycles. The van der Waals surface area contributed by atoms with Gasteiger partial charge < -0.3 is 15.0 Å². The molecule has 3 aromatic rings. The first-order valence-corrected chi connectivity index (χ1v) is 14.3. The number of hydrogen-bond acceptors (Lipinski definition) is 6. The van der Waals surface area contributed by atoms with Crippen LogP contribution in [0.1, 0.15) is 58.4 Å². The summed E-state index contributed by atoms with van der Waals surface area (Å²) in [5.74, 6) is 1.40. The van der Waals surface area contributed by atoms with Gasteiger partial charge in [-0.25, -0.2) is 4.79 Å². The molecule has 1 saturated carbocycles. The van der Waals surface area contributed by atoms with Crippen LogP contribution < -0.4 is 21.3 Å². The van der Waals surface area contributed by atoms with Gasteiger partial charge in [0.2, 0.25) is 5.95 Å². The molecule has 10 heteroatoms. The molecule has 2 heterocycles. The van der Waals surface area contributed by atoms with E-state index >= 15 is 0 Å². The van der Waals surface area contributed by atoms with E-state index in [2.05, 4.69) is 40.0 Å². The van der Waals surface area contributed by atoms with Crippen molar-refractivity contribution in [3.63, 3.8) is 0 Å². The monoisotopic (exact) mass is 574 g/mol. The van der Waals surface area contributed by atoms with Crippen LogP contribution in [0.15, 0.2) is 32.3 Å². The summed E-state index contributed by atoms with van der Waals surface area (Å²) in [5.41, 5.74) is 1.33. The fourth-order valence-corrected chi connectivity index (χ4v) is 5.82. The molecule has 0 amide bonds. The molecular formula is C27H39BrN6O3. The third-order valence-corrected chi connectivity index (χ3v) is 8.08. The largest absolute Gasteiger partial charge is 0.496 e. The van der Waals surface area contributed by atoms with Crippen LogP contribution in [-0.4, -0.2) is 56.4 Å². The van der Waals surface area contributed by atoms with Gasteiger partial charge in [0.15, 0.2) is 11.2 Å². The van der Waals surface area contributed by atoms with Gasteiger partial charge in [0, 0.05) is 25.7 Å². The minimum Gasteiger partial charge on any atom is -0.496 e. The van der Waals surface area contributed by atoms with Gasteiger partial charge >= 0.3 is 5.69 Å². The lowest BCUT2D eigenvalue weighted by Gasteiger charge is -2.23. The van der Waals surface area contributed by atoms with Gasteiger partial charge in [-0.15, -0.1) is 0 Å². The zero-order chi connectivity index (χ0) is 26.5. The van der Waals surface area contributed by atoms with Crippen molar-refractivity contribution in [2.24, 2.45) is 0 Å². The lowest BCUT2D eigenvalue weighted by molar-refractivity contribution is 0.288. The second-order valence-electron chi connectivity index (χ2n) is 9.65. The second kappa shape index (κ2) is 12.3. The van der Waals surface area contributed by atoms with E-state index in [0.29, 0.717) is 49.3 Å². The van der Waals surface area contributed by atoms with E-state index in [1.165, 1.54) is 23.8 Å². The molecule has 0 aliphatic heterocycles. The summed E-state index contributed by atoms with van der Waals surface area (Å²) < 4.78 is 11.2. The van der Waals surface area contributed by atoms with Crippen LogP contribution in [0, 0.1) is 0 Å². The van der Waals surface area contributed by atoms with E-state index in [-0.39, 0.29) is 11.2 Å². The van der Waals surface area contributed by atoms with Gasteiger partial charge in [-0.2, -0.15) is 4.98 Å². The summed E-state index contributed by atoms with van der Waals surface area (Å²) in [6.45, 7) is 9.81. The Morgan fingerprint density at radius 3 is 2.43 bits per heavy atom. The highest BCUT2D eigenvalue weighted by atomic mass is 79.9. The molecule has 1 aliphatic carbocycles. The zero-order valence-electron chi connectivity index (χ0n) is 22.4. The first kappa shape index (κ1) is 27.4. The summed E-state index contributed by atoms with van der Waals surface area (Å²) in [6, 6.07) is 6.21. The molecule has 1 aromatic carbocycles. The molecule has 1 fully saturated rings. The SMILES string of the molecule is CCN(CC)CCn1c(=O)n(CC)c(=O)c2c1nc(NC1CCCCC1)n2Cc1ccc(OC)c(Br)c1. The van der Waals surface area contributed by atoms with Crippen molar-refractivity contribution in [2.45, 2.75) is 78.6 Å². The number of methoxy groups -OCH3 is 1. The Labute approximate surface area is 226 Å². The number of benzene rings is 1. The number of hydrogen-bond donors (Lipinski definition) is 1. The number of anilines is 1. The van der Waals surface area contributed by atoms with Gasteiger partial charge in [-0.3, -0.25) is 18.5 Å². The van der Waals surface area contributed by atoms with Gasteiger partial charge in [-0.05, 0) is 66.5 Å². The number of imidazole rings is 1. The Morgan fingerprint density at radius 1 is 1.08 bits per heavy atom. The van der Waals surface area contributed by atoms with Crippen LogP contribution in [0.5, 0.6) is 5.75 Å². The summed E-state index contributed by atoms with van der Waals surface area (Å²) in [4.78, 5) is 34.3. The van der Waals surface area contributed by atoms with Crippen molar-refractivity contribution in [3.8, 4) is 5.75 Å². The minimum absolute atomic E-state index is 0.293. The first-order chi connectivity index (χ1) is 17.9. The average molecular weight is 576 g/mol. The number of halogens is 1. The fraction of sp³-hybridized carbons (Fsp3) is 0.593. The van der Waals surface area contributed by atoms with E-state index in [1.807, 2.05) is 29.7 Å². The summed E-state index contributed by atoms with van der Waals surface area (Å²) >= 11 is 3.58. The first-order valence-electron chi connectivity index (χ1n) is 13.5. The Balaban J connectivity index is 1.88. The van der Waals surface area contributed by atoms with Crippen molar-refractivity contribution in [3.05, 3.63) is 49.1 Å². The van der Waals surface area contributed by atoms with Crippen molar-refractivity contribution in [1.82, 2.24) is 23.6 Å². The van der Waals surface area contributed by atoms with Gasteiger partial charge in [0.1, 0.15) is 5.75 Å². The quantitative estimate of drug-likeness (QED) is 0.367. The predicted molar refractivity (Wildman–Crippen MR) is 152 cm³/mol. The number of rotatable bonds is 11. The third-order valence-electron chi connectivity index (χ3n) is 7.46. The molecule has 4 rings (SSSR count). The smallest absolute Gasteiger partial charge is 0.332 e. The van der Waals surface area contributed by atoms with Crippen LogP contribution >= 0.6 is 15.9 Å². The molecule has 0 unspecified atom stereocenters. The lowest BCUT2D eigenvalue weighted by Crippen LogP contribution is -2.42. The van der Waals surface area contributed by atoms with Gasteiger partial charge in [-0.1, -0.05) is 39.2 Å². The lowest BCUT2D eigenvalue weighted by atomic mass is 9.96. The minimum atomic E-state index is -0.298. The second-order valence-corrected chi connectivity index (χ2v) is 10.5. The van der Waals surface area contributed by atoms with E-state index in [0.717, 1.165) is 41.7 Å². The topological polar surface area (TPSA) is 86.3 Å². The Hall–Kier alpha value is -2.59. The highest BCUT2D eigenvalue weighted by molar-refractivity contribution is 9.10. The van der Waals surface area contributed by atoms with Crippen LogP contribution in [0.25, 0.3) is 11.2 Å². The maximum atomic E-state index is 13.7. The standard InChI is InChI=1S/C27H39BrN6O3/c1-5-31(6-2)15-16-33-24-23(25(35)32(7-3)27(33)36)34(18-19-13-14-22(37-4)21(28)17-19)26(30-24)29-20-11-9-8-10-12-20/h13-14,17,20H,5-12,15-16,18H2,1-4H3,(H,29,30). The van der Waals surface area contributed by atoms with Crippen LogP contribution in [-0.2, 0) is 19.6 Å². The van der Waals surface area contributed by atoms with Crippen molar-refractivity contribution in [2.75, 3.05) is 32.1 Å². The Kier molecular flexibility index (Phi) is 9.13. The predicted octanol–water partition coefficient (Wildman–Crippen LogP) is 4.29. The number of likely N-dealkylation sites (N-methyl/N-ethyl adjacent to an activating group) is 1. The number of nitrogens with one attached hydrogen (secondary N) is 1. The van der Waals surface area contributed by atoms with E-state index in [4.69, 9.17) is 9.72 Å². The summed E-state index contributed by atoms with van der Waals surface area (Å²) in [6.07, 6.45) is 5.76. The fourth-order valence-electron chi connectivity index (χ4n) is 5.24. The molecular weight excluding hydrogens is 536 g/mol. The molecule has 0 spiro atoms. The maximum absolute atomic E-state index is 13.7. The van der Waals surface area contributed by atoms with Crippen molar-refractivity contribution < 1.29 is 4.74 Å². The molecule has 1 aliphatic rings. The molecule has 0 bridgehead atoms. The van der Waals surface area contributed by atoms with Crippen LogP contribution in [0.4, 0.5) is 5.95 Å². The Bertz CT molecular complexity index is 1330. The highest BCUT2D eigenvalue weighted by Gasteiger charge is 2.24. The van der Waals surface area contributed by atoms with Crippen LogP contribution in [0.2, 0.25) is 0 Å². The van der Waals surface area contributed by atoms with Crippen LogP contribution in [0.3, 0.4) is 0 Å². The van der Waals surface area contributed by atoms with Gasteiger partial charge in [0.05, 0.1) is 18.1 Å². The molecule has 0 radical (unpaired) electrons. The summed E-state index contributed by atoms with van der Waals surface area (Å²) in [5, 5.41) is 3.64. The molecule has 202 valence electrons. The number of nitrogens with zero attached hydrogens (tertiary/aromatic N) is 5. The van der Waals surface area contributed by atoms with Crippen molar-refractivity contribution in [1.29, 1.82) is 0 Å². The van der Waals surface area contributed by atoms with E-state index in [9.17, 15) is 9.59 Å².